The van der Waals surface area contributed by atoms with Crippen LogP contribution in [0.4, 0.5) is 11.5 Å². The third kappa shape index (κ3) is 4.14. The zero-order valence-electron chi connectivity index (χ0n) is 19.3. The lowest BCUT2D eigenvalue weighted by atomic mass is 10.0. The van der Waals surface area contributed by atoms with Crippen molar-refractivity contribution in [2.24, 2.45) is 0 Å². The standard InChI is InChI=1S/C27H28N4O2/c1-17(2)31-16-23-24(27(31)32)29-25(20-12-14-33-15-13-20)30-26(23)28-21-10-8-19(9-11-21)22-7-5-4-6-18(22)3/h4-12,17H,13-16H2,1-3H3,(H,28,29,30). The van der Waals surface area contributed by atoms with E-state index in [9.17, 15) is 4.79 Å². The molecule has 0 atom stereocenters. The van der Waals surface area contributed by atoms with E-state index >= 15 is 0 Å². The Morgan fingerprint density at radius 1 is 1.06 bits per heavy atom. The second kappa shape index (κ2) is 8.79. The Morgan fingerprint density at radius 2 is 1.85 bits per heavy atom. The number of aryl methyl sites for hydroxylation is 1. The molecule has 0 saturated carbocycles. The number of ether oxygens (including phenoxy) is 1. The Bertz CT molecular complexity index is 1230. The van der Waals surface area contributed by atoms with Crippen LogP contribution in [0.1, 0.15) is 47.7 Å². The molecular formula is C27H28N4O2. The van der Waals surface area contributed by atoms with Crippen molar-refractivity contribution in [1.82, 2.24) is 14.9 Å². The lowest BCUT2D eigenvalue weighted by molar-refractivity contribution is 0.0726. The van der Waals surface area contributed by atoms with Crippen LogP contribution in [0.25, 0.3) is 16.7 Å². The first-order chi connectivity index (χ1) is 16.0. The predicted octanol–water partition coefficient (Wildman–Crippen LogP) is 5.36. The molecule has 2 aliphatic rings. The quantitative estimate of drug-likeness (QED) is 0.578. The normalized spacial score (nSPS) is 15.6. The van der Waals surface area contributed by atoms with Gasteiger partial charge < -0.3 is 15.0 Å². The number of fused-ring (bicyclic) bond motifs is 1. The lowest BCUT2D eigenvalue weighted by Gasteiger charge is -2.19. The van der Waals surface area contributed by atoms with Crippen LogP contribution in [0.2, 0.25) is 0 Å². The minimum absolute atomic E-state index is 0.0331. The smallest absolute Gasteiger partial charge is 0.273 e. The number of hydrogen-bond acceptors (Lipinski definition) is 5. The van der Waals surface area contributed by atoms with Gasteiger partial charge >= 0.3 is 0 Å². The van der Waals surface area contributed by atoms with Gasteiger partial charge in [0.15, 0.2) is 5.82 Å². The molecule has 33 heavy (non-hydrogen) atoms. The van der Waals surface area contributed by atoms with Gasteiger partial charge in [0.25, 0.3) is 5.91 Å². The molecule has 3 aromatic rings. The summed E-state index contributed by atoms with van der Waals surface area (Å²) in [6.45, 7) is 7.87. The number of hydrogen-bond donors (Lipinski definition) is 1. The second-order valence-electron chi connectivity index (χ2n) is 8.82. The van der Waals surface area contributed by atoms with Crippen LogP contribution in [0.3, 0.4) is 0 Å². The number of nitrogens with zero attached hydrogens (tertiary/aromatic N) is 3. The van der Waals surface area contributed by atoms with Crippen LogP contribution >= 0.6 is 0 Å². The summed E-state index contributed by atoms with van der Waals surface area (Å²) in [5, 5.41) is 3.47. The van der Waals surface area contributed by atoms with Gasteiger partial charge in [0.05, 0.1) is 19.8 Å². The summed E-state index contributed by atoms with van der Waals surface area (Å²) in [5.74, 6) is 1.27. The summed E-state index contributed by atoms with van der Waals surface area (Å²) in [6, 6.07) is 16.8. The van der Waals surface area contributed by atoms with Gasteiger partial charge in [-0.2, -0.15) is 0 Å². The number of anilines is 2. The first kappa shape index (κ1) is 21.3. The van der Waals surface area contributed by atoms with Gasteiger partial charge in [0, 0.05) is 17.3 Å². The largest absolute Gasteiger partial charge is 0.377 e. The van der Waals surface area contributed by atoms with Crippen molar-refractivity contribution in [2.45, 2.75) is 39.8 Å². The first-order valence-corrected chi connectivity index (χ1v) is 11.4. The van der Waals surface area contributed by atoms with E-state index < -0.39 is 0 Å². The monoisotopic (exact) mass is 440 g/mol. The highest BCUT2D eigenvalue weighted by molar-refractivity contribution is 5.98. The average Bonchev–Trinajstić information content (AvgIpc) is 3.18. The van der Waals surface area contributed by atoms with Crippen LogP contribution < -0.4 is 5.32 Å². The van der Waals surface area contributed by atoms with Gasteiger partial charge in [-0.25, -0.2) is 9.97 Å². The molecule has 0 saturated heterocycles. The number of benzene rings is 2. The van der Waals surface area contributed by atoms with Crippen molar-refractivity contribution >= 4 is 23.0 Å². The number of rotatable bonds is 5. The van der Waals surface area contributed by atoms with Gasteiger partial charge in [0.1, 0.15) is 11.5 Å². The molecule has 168 valence electrons. The fourth-order valence-electron chi connectivity index (χ4n) is 4.35. The number of amides is 1. The molecule has 0 radical (unpaired) electrons. The molecule has 0 aliphatic carbocycles. The molecule has 0 unspecified atom stereocenters. The fraction of sp³-hybridized carbons (Fsp3) is 0.296. The zero-order valence-corrected chi connectivity index (χ0v) is 19.3. The highest BCUT2D eigenvalue weighted by Crippen LogP contribution is 2.33. The van der Waals surface area contributed by atoms with E-state index in [1.54, 1.807) is 0 Å². The van der Waals surface area contributed by atoms with Crippen molar-refractivity contribution in [2.75, 3.05) is 18.5 Å². The van der Waals surface area contributed by atoms with E-state index in [2.05, 4.69) is 60.8 Å². The molecule has 1 N–H and O–H groups in total. The maximum Gasteiger partial charge on any atom is 0.273 e. The predicted molar refractivity (Wildman–Crippen MR) is 130 cm³/mol. The number of carbonyl (C=O) groups is 1. The summed E-state index contributed by atoms with van der Waals surface area (Å²) < 4.78 is 5.44. The van der Waals surface area contributed by atoms with Crippen molar-refractivity contribution < 1.29 is 9.53 Å². The highest BCUT2D eigenvalue weighted by Gasteiger charge is 2.34. The maximum atomic E-state index is 13.1. The summed E-state index contributed by atoms with van der Waals surface area (Å²) >= 11 is 0. The minimum Gasteiger partial charge on any atom is -0.377 e. The van der Waals surface area contributed by atoms with Crippen LogP contribution in [0, 0.1) is 6.92 Å². The lowest BCUT2D eigenvalue weighted by Crippen LogP contribution is -2.31. The molecular weight excluding hydrogens is 412 g/mol. The van der Waals surface area contributed by atoms with E-state index in [1.165, 1.54) is 16.7 Å². The Balaban J connectivity index is 1.50. The van der Waals surface area contributed by atoms with Crippen molar-refractivity contribution in [1.29, 1.82) is 0 Å². The fourth-order valence-corrected chi connectivity index (χ4v) is 4.35. The average molecular weight is 441 g/mol. The molecule has 2 aromatic carbocycles. The molecule has 3 heterocycles. The van der Waals surface area contributed by atoms with Crippen molar-refractivity contribution in [3.8, 4) is 11.1 Å². The summed E-state index contributed by atoms with van der Waals surface area (Å²) in [6.07, 6.45) is 2.75. The molecule has 0 fully saturated rings. The van der Waals surface area contributed by atoms with Gasteiger partial charge in [0.2, 0.25) is 0 Å². The van der Waals surface area contributed by atoms with E-state index in [0.717, 1.165) is 23.2 Å². The van der Waals surface area contributed by atoms with Crippen molar-refractivity contribution in [3.63, 3.8) is 0 Å². The van der Waals surface area contributed by atoms with Crippen LogP contribution in [-0.2, 0) is 11.3 Å². The van der Waals surface area contributed by atoms with Crippen LogP contribution in [-0.4, -0.2) is 40.0 Å². The van der Waals surface area contributed by atoms with Gasteiger partial charge in [-0.15, -0.1) is 0 Å². The molecule has 5 rings (SSSR count). The minimum atomic E-state index is -0.0331. The molecule has 2 aliphatic heterocycles. The zero-order chi connectivity index (χ0) is 22.9. The molecule has 0 spiro atoms. The molecule has 6 nitrogen and oxygen atoms in total. The van der Waals surface area contributed by atoms with Gasteiger partial charge in [-0.1, -0.05) is 42.5 Å². The van der Waals surface area contributed by atoms with E-state index in [-0.39, 0.29) is 11.9 Å². The topological polar surface area (TPSA) is 67.4 Å². The molecule has 0 bridgehead atoms. The van der Waals surface area contributed by atoms with E-state index in [4.69, 9.17) is 14.7 Å². The summed E-state index contributed by atoms with van der Waals surface area (Å²) in [4.78, 5) is 24.5. The first-order valence-electron chi connectivity index (χ1n) is 11.4. The number of nitrogens with one attached hydrogen (secondary N) is 1. The molecule has 1 amide bonds. The summed E-state index contributed by atoms with van der Waals surface area (Å²) in [7, 11) is 0. The number of carbonyl (C=O) groups excluding carboxylic acids is 1. The summed E-state index contributed by atoms with van der Waals surface area (Å²) in [5.41, 5.74) is 6.94. The Labute approximate surface area is 194 Å². The van der Waals surface area contributed by atoms with Gasteiger partial charge in [-0.3, -0.25) is 4.79 Å². The Hall–Kier alpha value is -3.51. The molecule has 1 aromatic heterocycles. The molecule has 6 heteroatoms. The Kier molecular flexibility index (Phi) is 5.68. The van der Waals surface area contributed by atoms with Crippen LogP contribution in [0.5, 0.6) is 0 Å². The van der Waals surface area contributed by atoms with Crippen molar-refractivity contribution in [3.05, 3.63) is 77.3 Å². The highest BCUT2D eigenvalue weighted by atomic mass is 16.5. The second-order valence-corrected chi connectivity index (χ2v) is 8.82. The third-order valence-corrected chi connectivity index (χ3v) is 6.28. The SMILES string of the molecule is Cc1ccccc1-c1ccc(Nc2nc(C3=CCOCC3)nc3c2CN(C(C)C)C3=O)cc1. The third-order valence-electron chi connectivity index (χ3n) is 6.28. The van der Waals surface area contributed by atoms with E-state index in [0.29, 0.717) is 37.1 Å². The van der Waals surface area contributed by atoms with E-state index in [1.807, 2.05) is 24.8 Å². The number of aromatic nitrogens is 2. The maximum absolute atomic E-state index is 13.1. The van der Waals surface area contributed by atoms with Gasteiger partial charge in [-0.05, 0) is 61.6 Å². The van der Waals surface area contributed by atoms with Crippen LogP contribution in [0.15, 0.2) is 54.6 Å². The Morgan fingerprint density at radius 3 is 2.55 bits per heavy atom.